The van der Waals surface area contributed by atoms with Crippen molar-refractivity contribution in [3.63, 3.8) is 0 Å². The van der Waals surface area contributed by atoms with Crippen molar-refractivity contribution >= 4 is 46.7 Å². The Kier molecular flexibility index (Phi) is 5.26. The Morgan fingerprint density at radius 3 is 2.36 bits per heavy atom. The van der Waals surface area contributed by atoms with Crippen molar-refractivity contribution in [2.75, 3.05) is 0 Å². The molecular formula is C16H10Cl2N2O2. The van der Waals surface area contributed by atoms with Crippen molar-refractivity contribution in [2.24, 2.45) is 9.98 Å². The smallest absolute Gasteiger partial charge is 0.211 e. The van der Waals surface area contributed by atoms with Crippen LogP contribution in [0.1, 0.15) is 16.7 Å². The van der Waals surface area contributed by atoms with Gasteiger partial charge >= 0.3 is 0 Å². The van der Waals surface area contributed by atoms with Gasteiger partial charge in [0.2, 0.25) is 12.2 Å². The maximum atomic E-state index is 10.5. The molecule has 0 aliphatic heterocycles. The quantitative estimate of drug-likeness (QED) is 0.594. The Morgan fingerprint density at radius 2 is 1.73 bits per heavy atom. The van der Waals surface area contributed by atoms with Gasteiger partial charge in [0.1, 0.15) is 0 Å². The van der Waals surface area contributed by atoms with E-state index in [9.17, 15) is 9.59 Å². The second kappa shape index (κ2) is 7.17. The van der Waals surface area contributed by atoms with Crippen LogP contribution in [-0.4, -0.2) is 12.2 Å². The number of hydrogen-bond donors (Lipinski definition) is 0. The molecule has 0 unspecified atom stereocenters. The summed E-state index contributed by atoms with van der Waals surface area (Å²) in [5.74, 6) is 0. The summed E-state index contributed by atoms with van der Waals surface area (Å²) in [4.78, 5) is 28.2. The molecule has 2 aromatic rings. The molecule has 0 heterocycles. The van der Waals surface area contributed by atoms with Crippen molar-refractivity contribution < 1.29 is 9.59 Å². The Balaban J connectivity index is 2.53. The van der Waals surface area contributed by atoms with Crippen LogP contribution in [0.4, 0.5) is 11.4 Å². The van der Waals surface area contributed by atoms with Crippen molar-refractivity contribution in [1.82, 2.24) is 0 Å². The summed E-state index contributed by atoms with van der Waals surface area (Å²) < 4.78 is 0. The van der Waals surface area contributed by atoms with Gasteiger partial charge in [-0.1, -0.05) is 29.3 Å². The topological polar surface area (TPSA) is 58.9 Å². The first-order valence-electron chi connectivity index (χ1n) is 6.28. The van der Waals surface area contributed by atoms with Crippen molar-refractivity contribution in [2.45, 2.75) is 13.3 Å². The van der Waals surface area contributed by atoms with Crippen LogP contribution >= 0.6 is 23.2 Å². The zero-order chi connectivity index (χ0) is 16.1. The molecule has 0 saturated heterocycles. The molecule has 0 bridgehead atoms. The maximum absolute atomic E-state index is 10.5. The lowest BCUT2D eigenvalue weighted by molar-refractivity contribution is 0.565. The van der Waals surface area contributed by atoms with E-state index in [-0.39, 0.29) is 0 Å². The van der Waals surface area contributed by atoms with Crippen LogP contribution in [-0.2, 0) is 16.0 Å². The molecule has 6 heteroatoms. The standard InChI is InChI=1S/C16H10Cl2N2O2/c1-10-12(4-11-2-3-13(17)6-15(11)18)5-14(19-8-21)7-16(10)20-9-22/h2-3,5-7H,4H2,1H3. The Labute approximate surface area is 137 Å². The van der Waals surface area contributed by atoms with E-state index in [0.29, 0.717) is 27.8 Å². The molecule has 22 heavy (non-hydrogen) atoms. The van der Waals surface area contributed by atoms with Crippen LogP contribution in [0, 0.1) is 6.92 Å². The molecular weight excluding hydrogens is 323 g/mol. The molecule has 4 nitrogen and oxygen atoms in total. The lowest BCUT2D eigenvalue weighted by Crippen LogP contribution is -1.93. The lowest BCUT2D eigenvalue weighted by atomic mass is 9.98. The molecule has 2 aromatic carbocycles. The van der Waals surface area contributed by atoms with E-state index >= 15 is 0 Å². The second-order valence-electron chi connectivity index (χ2n) is 4.57. The van der Waals surface area contributed by atoms with Gasteiger partial charge in [-0.3, -0.25) is 0 Å². The van der Waals surface area contributed by atoms with Crippen LogP contribution in [0.25, 0.3) is 0 Å². The maximum Gasteiger partial charge on any atom is 0.240 e. The summed E-state index contributed by atoms with van der Waals surface area (Å²) in [5.41, 5.74) is 3.28. The van der Waals surface area contributed by atoms with E-state index < -0.39 is 0 Å². The van der Waals surface area contributed by atoms with Crippen LogP contribution in [0.2, 0.25) is 10.0 Å². The average Bonchev–Trinajstić information content (AvgIpc) is 2.47. The third kappa shape index (κ3) is 3.70. The molecule has 0 atom stereocenters. The minimum absolute atomic E-state index is 0.370. The van der Waals surface area contributed by atoms with Gasteiger partial charge < -0.3 is 0 Å². The normalized spacial score (nSPS) is 9.77. The fourth-order valence-corrected chi connectivity index (χ4v) is 2.55. The van der Waals surface area contributed by atoms with Crippen LogP contribution in [0.3, 0.4) is 0 Å². The number of nitrogens with zero attached hydrogens (tertiary/aromatic N) is 2. The van der Waals surface area contributed by atoms with Crippen LogP contribution in [0.5, 0.6) is 0 Å². The third-order valence-corrected chi connectivity index (χ3v) is 3.80. The second-order valence-corrected chi connectivity index (χ2v) is 5.41. The van der Waals surface area contributed by atoms with Gasteiger partial charge in [-0.25, -0.2) is 9.59 Å². The van der Waals surface area contributed by atoms with E-state index in [1.165, 1.54) is 18.2 Å². The predicted molar refractivity (Wildman–Crippen MR) is 86.0 cm³/mol. The average molecular weight is 333 g/mol. The molecule has 110 valence electrons. The SMILES string of the molecule is Cc1c(Cc2ccc(Cl)cc2Cl)cc(N=C=O)cc1N=C=O. The number of benzene rings is 2. The highest BCUT2D eigenvalue weighted by Crippen LogP contribution is 2.31. The minimum Gasteiger partial charge on any atom is -0.211 e. The largest absolute Gasteiger partial charge is 0.240 e. The van der Waals surface area contributed by atoms with Gasteiger partial charge in [0.05, 0.1) is 11.4 Å². The van der Waals surface area contributed by atoms with E-state index in [4.69, 9.17) is 23.2 Å². The van der Waals surface area contributed by atoms with Crippen molar-refractivity contribution in [1.29, 1.82) is 0 Å². The highest BCUT2D eigenvalue weighted by molar-refractivity contribution is 6.35. The molecule has 0 aliphatic carbocycles. The summed E-state index contributed by atoms with van der Waals surface area (Å²) in [7, 11) is 0. The van der Waals surface area contributed by atoms with Gasteiger partial charge in [-0.15, -0.1) is 0 Å². The molecule has 0 saturated carbocycles. The summed E-state index contributed by atoms with van der Waals surface area (Å²) in [6.45, 7) is 1.82. The van der Waals surface area contributed by atoms with Crippen molar-refractivity contribution in [3.05, 3.63) is 57.1 Å². The molecule has 2 rings (SSSR count). The van der Waals surface area contributed by atoms with E-state index in [0.717, 1.165) is 16.7 Å². The first-order chi connectivity index (χ1) is 10.5. The Bertz CT molecular complexity index is 821. The fraction of sp³-hybridized carbons (Fsp3) is 0.125. The molecule has 0 aliphatic rings. The molecule has 0 spiro atoms. The lowest BCUT2D eigenvalue weighted by Gasteiger charge is -2.10. The van der Waals surface area contributed by atoms with E-state index in [1.807, 2.05) is 13.0 Å². The summed E-state index contributed by atoms with van der Waals surface area (Å²) in [6, 6.07) is 8.48. The molecule has 0 radical (unpaired) electrons. The summed E-state index contributed by atoms with van der Waals surface area (Å²) >= 11 is 12.1. The molecule has 0 aromatic heterocycles. The van der Waals surface area contributed by atoms with Gasteiger partial charge in [0.25, 0.3) is 0 Å². The summed E-state index contributed by atoms with van der Waals surface area (Å²) in [5, 5.41) is 1.09. The predicted octanol–water partition coefficient (Wildman–Crippen LogP) is 4.83. The number of aliphatic imine (C=N–C) groups is 2. The first-order valence-corrected chi connectivity index (χ1v) is 7.04. The Morgan fingerprint density at radius 1 is 1.00 bits per heavy atom. The van der Waals surface area contributed by atoms with Gasteiger partial charge in [-0.05, 0) is 54.3 Å². The van der Waals surface area contributed by atoms with E-state index in [2.05, 4.69) is 9.98 Å². The molecule has 0 fully saturated rings. The zero-order valence-corrected chi connectivity index (χ0v) is 13.1. The summed E-state index contributed by atoms with van der Waals surface area (Å²) in [6.07, 6.45) is 3.46. The highest BCUT2D eigenvalue weighted by Gasteiger charge is 2.10. The number of carbonyl (C=O) groups excluding carboxylic acids is 2. The van der Waals surface area contributed by atoms with Gasteiger partial charge in [-0.2, -0.15) is 9.98 Å². The third-order valence-electron chi connectivity index (χ3n) is 3.21. The number of hydrogen-bond acceptors (Lipinski definition) is 4. The fourth-order valence-electron chi connectivity index (χ4n) is 2.08. The first kappa shape index (κ1) is 16.2. The van der Waals surface area contributed by atoms with Gasteiger partial charge in [0.15, 0.2) is 0 Å². The highest BCUT2D eigenvalue weighted by atomic mass is 35.5. The van der Waals surface area contributed by atoms with Crippen LogP contribution < -0.4 is 0 Å². The van der Waals surface area contributed by atoms with Crippen molar-refractivity contribution in [3.8, 4) is 0 Å². The molecule has 0 N–H and O–H groups in total. The zero-order valence-electron chi connectivity index (χ0n) is 11.6. The minimum atomic E-state index is 0.370. The van der Waals surface area contributed by atoms with E-state index in [1.54, 1.807) is 18.2 Å². The number of isocyanates is 2. The molecule has 0 amide bonds. The Hall–Kier alpha value is -2.22. The van der Waals surface area contributed by atoms with Crippen LogP contribution in [0.15, 0.2) is 40.3 Å². The monoisotopic (exact) mass is 332 g/mol. The van der Waals surface area contributed by atoms with Gasteiger partial charge in [0, 0.05) is 10.0 Å². The number of halogens is 2. The number of rotatable bonds is 4.